The number of nitro benzene ring substituents is 1. The summed E-state index contributed by atoms with van der Waals surface area (Å²) in [5.74, 6) is 0.617. The normalized spacial score (nSPS) is 16.1. The zero-order valence-electron chi connectivity index (χ0n) is 12.3. The van der Waals surface area contributed by atoms with Crippen molar-refractivity contribution in [2.75, 3.05) is 24.7 Å². The van der Waals surface area contributed by atoms with Crippen LogP contribution in [0.3, 0.4) is 0 Å². The van der Waals surface area contributed by atoms with E-state index in [4.69, 9.17) is 0 Å². The van der Waals surface area contributed by atoms with Gasteiger partial charge in [-0.2, -0.15) is 0 Å². The summed E-state index contributed by atoms with van der Waals surface area (Å²) >= 11 is 0. The zero-order valence-corrected chi connectivity index (χ0v) is 13.1. The fourth-order valence-electron chi connectivity index (χ4n) is 2.87. The summed E-state index contributed by atoms with van der Waals surface area (Å²) in [4.78, 5) is 12.1. The molecule has 0 bridgehead atoms. The number of nitrogens with zero attached hydrogens (tertiary/aromatic N) is 2. The molecular formula is C14H20N2O4S. The third kappa shape index (κ3) is 3.72. The van der Waals surface area contributed by atoms with E-state index in [1.54, 1.807) is 6.07 Å². The maximum Gasteiger partial charge on any atom is 0.288 e. The van der Waals surface area contributed by atoms with Crippen molar-refractivity contribution >= 4 is 21.2 Å². The van der Waals surface area contributed by atoms with Crippen molar-refractivity contribution in [3.8, 4) is 0 Å². The van der Waals surface area contributed by atoms with Gasteiger partial charge in [0.2, 0.25) is 0 Å². The molecule has 0 heterocycles. The van der Waals surface area contributed by atoms with E-state index >= 15 is 0 Å². The first-order valence-corrected chi connectivity index (χ1v) is 8.88. The lowest BCUT2D eigenvalue weighted by Gasteiger charge is -2.23. The maximum absolute atomic E-state index is 11.8. The molecule has 2 rings (SSSR count). The molecule has 0 unspecified atom stereocenters. The second-order valence-electron chi connectivity index (χ2n) is 5.71. The molecule has 0 N–H and O–H groups in total. The number of hydrogen-bond acceptors (Lipinski definition) is 5. The Morgan fingerprint density at radius 3 is 2.48 bits per heavy atom. The van der Waals surface area contributed by atoms with E-state index in [-0.39, 0.29) is 10.6 Å². The summed E-state index contributed by atoms with van der Waals surface area (Å²) in [7, 11) is -1.74. The van der Waals surface area contributed by atoms with Gasteiger partial charge in [0.1, 0.15) is 4.90 Å². The molecule has 0 amide bonds. The molecule has 0 atom stereocenters. The Labute approximate surface area is 124 Å². The maximum atomic E-state index is 11.8. The Hall–Kier alpha value is -1.63. The highest BCUT2D eigenvalue weighted by Gasteiger charge is 2.24. The Morgan fingerprint density at radius 1 is 1.33 bits per heavy atom. The van der Waals surface area contributed by atoms with E-state index in [1.165, 1.54) is 37.8 Å². The van der Waals surface area contributed by atoms with Gasteiger partial charge in [0.05, 0.1) is 4.92 Å². The zero-order chi connectivity index (χ0) is 15.6. The van der Waals surface area contributed by atoms with Gasteiger partial charge in [-0.25, -0.2) is 8.42 Å². The Kier molecular flexibility index (Phi) is 4.51. The molecule has 116 valence electrons. The average molecular weight is 312 g/mol. The molecule has 1 fully saturated rings. The third-order valence-electron chi connectivity index (χ3n) is 3.99. The Bertz CT molecular complexity index is 636. The number of anilines is 1. The molecule has 0 spiro atoms. The van der Waals surface area contributed by atoms with Gasteiger partial charge in [-0.3, -0.25) is 10.1 Å². The fourth-order valence-corrected chi connectivity index (χ4v) is 3.73. The van der Waals surface area contributed by atoms with Crippen LogP contribution in [0.15, 0.2) is 23.1 Å². The molecule has 6 nitrogen and oxygen atoms in total. The van der Waals surface area contributed by atoms with Crippen LogP contribution in [-0.4, -0.2) is 33.2 Å². The number of benzene rings is 1. The topological polar surface area (TPSA) is 80.5 Å². The molecule has 0 aromatic heterocycles. The summed E-state index contributed by atoms with van der Waals surface area (Å²) in [5.41, 5.74) is 0.337. The Balaban J connectivity index is 2.30. The molecule has 1 aromatic rings. The molecule has 1 aromatic carbocycles. The predicted molar refractivity (Wildman–Crippen MR) is 81.4 cm³/mol. The van der Waals surface area contributed by atoms with E-state index < -0.39 is 14.8 Å². The van der Waals surface area contributed by atoms with Crippen LogP contribution in [0.5, 0.6) is 0 Å². The molecule has 7 heteroatoms. The molecule has 1 saturated carbocycles. The van der Waals surface area contributed by atoms with Gasteiger partial charge in [0.15, 0.2) is 9.84 Å². The van der Waals surface area contributed by atoms with Crippen LogP contribution < -0.4 is 4.90 Å². The van der Waals surface area contributed by atoms with Crippen LogP contribution in [-0.2, 0) is 9.84 Å². The van der Waals surface area contributed by atoms with Crippen molar-refractivity contribution in [2.24, 2.45) is 5.92 Å². The summed E-state index contributed by atoms with van der Waals surface area (Å²) in [5, 5.41) is 11.0. The smallest absolute Gasteiger partial charge is 0.288 e. The summed E-state index contributed by atoms with van der Waals surface area (Å²) < 4.78 is 23.5. The van der Waals surface area contributed by atoms with Crippen molar-refractivity contribution in [1.82, 2.24) is 0 Å². The van der Waals surface area contributed by atoms with Crippen LogP contribution >= 0.6 is 0 Å². The molecule has 21 heavy (non-hydrogen) atoms. The fraction of sp³-hybridized carbons (Fsp3) is 0.571. The lowest BCUT2D eigenvalue weighted by atomic mass is 10.1. The van der Waals surface area contributed by atoms with Crippen LogP contribution in [0.25, 0.3) is 0 Å². The minimum absolute atomic E-state index is 0.219. The van der Waals surface area contributed by atoms with Gasteiger partial charge in [0, 0.05) is 31.6 Å². The van der Waals surface area contributed by atoms with E-state index in [9.17, 15) is 18.5 Å². The first kappa shape index (κ1) is 15.8. The minimum atomic E-state index is -3.63. The second-order valence-corrected chi connectivity index (χ2v) is 7.70. The highest BCUT2D eigenvalue weighted by molar-refractivity contribution is 7.90. The van der Waals surface area contributed by atoms with E-state index in [0.717, 1.165) is 12.8 Å². The molecular weight excluding hydrogens is 292 g/mol. The van der Waals surface area contributed by atoms with Crippen LogP contribution in [0.2, 0.25) is 0 Å². The summed E-state index contributed by atoms with van der Waals surface area (Å²) in [6.45, 7) is 0.848. The van der Waals surface area contributed by atoms with Crippen molar-refractivity contribution in [3.05, 3.63) is 28.3 Å². The molecule has 0 radical (unpaired) electrons. The molecule has 1 aliphatic carbocycles. The summed E-state index contributed by atoms with van der Waals surface area (Å²) in [6.07, 6.45) is 5.86. The number of nitro groups is 1. The highest BCUT2D eigenvalue weighted by Crippen LogP contribution is 2.31. The lowest BCUT2D eigenvalue weighted by molar-refractivity contribution is -0.387. The largest absolute Gasteiger partial charge is 0.374 e. The minimum Gasteiger partial charge on any atom is -0.374 e. The number of sulfone groups is 1. The van der Waals surface area contributed by atoms with Gasteiger partial charge >= 0.3 is 0 Å². The predicted octanol–water partition coefficient (Wildman–Crippen LogP) is 2.62. The second kappa shape index (κ2) is 6.01. The van der Waals surface area contributed by atoms with Crippen LogP contribution in [0, 0.1) is 16.0 Å². The average Bonchev–Trinajstić information content (AvgIpc) is 2.89. The first-order valence-electron chi connectivity index (χ1n) is 6.98. The highest BCUT2D eigenvalue weighted by atomic mass is 32.2. The quantitative estimate of drug-likeness (QED) is 0.616. The van der Waals surface area contributed by atoms with Crippen molar-refractivity contribution < 1.29 is 13.3 Å². The van der Waals surface area contributed by atoms with E-state index in [1.807, 2.05) is 11.9 Å². The number of rotatable bonds is 5. The molecule has 0 saturated heterocycles. The Morgan fingerprint density at radius 2 is 1.95 bits per heavy atom. The van der Waals surface area contributed by atoms with Gasteiger partial charge < -0.3 is 4.90 Å². The van der Waals surface area contributed by atoms with Crippen LogP contribution in [0.4, 0.5) is 11.4 Å². The molecule has 1 aliphatic rings. The van der Waals surface area contributed by atoms with Gasteiger partial charge in [-0.05, 0) is 30.9 Å². The summed E-state index contributed by atoms with van der Waals surface area (Å²) in [6, 6.07) is 4.29. The van der Waals surface area contributed by atoms with Gasteiger partial charge in [-0.15, -0.1) is 0 Å². The van der Waals surface area contributed by atoms with Crippen molar-refractivity contribution in [1.29, 1.82) is 0 Å². The van der Waals surface area contributed by atoms with Gasteiger partial charge in [0.25, 0.3) is 5.69 Å². The van der Waals surface area contributed by atoms with E-state index in [2.05, 4.69) is 0 Å². The van der Waals surface area contributed by atoms with E-state index in [0.29, 0.717) is 11.6 Å². The lowest BCUT2D eigenvalue weighted by Crippen LogP contribution is -2.24. The van der Waals surface area contributed by atoms with Crippen molar-refractivity contribution in [2.45, 2.75) is 30.6 Å². The van der Waals surface area contributed by atoms with Crippen molar-refractivity contribution in [3.63, 3.8) is 0 Å². The first-order chi connectivity index (χ1) is 9.79. The molecule has 0 aliphatic heterocycles. The monoisotopic (exact) mass is 312 g/mol. The van der Waals surface area contributed by atoms with Gasteiger partial charge in [-0.1, -0.05) is 12.8 Å². The standard InChI is InChI=1S/C14H20N2O4S/c1-15(10-11-5-3-4-6-11)12-7-8-13(16(17)18)14(9-12)21(2,19)20/h7-9,11H,3-6,10H2,1-2H3. The SMILES string of the molecule is CN(CC1CCCC1)c1ccc([N+](=O)[O-])c(S(C)(=O)=O)c1. The third-order valence-corrected chi connectivity index (χ3v) is 5.11. The van der Waals surface area contributed by atoms with Crippen LogP contribution in [0.1, 0.15) is 25.7 Å². The number of hydrogen-bond donors (Lipinski definition) is 0.